The van der Waals surface area contributed by atoms with Crippen molar-refractivity contribution in [1.82, 2.24) is 24.9 Å². The number of halogens is 1. The Hall–Kier alpha value is -3.17. The molecule has 38 heavy (non-hydrogen) atoms. The number of ether oxygens (including phenoxy) is 1. The van der Waals surface area contributed by atoms with Gasteiger partial charge in [-0.3, -0.25) is 14.5 Å². The van der Waals surface area contributed by atoms with E-state index >= 15 is 0 Å². The Kier molecular flexibility index (Phi) is 6.97. The predicted octanol–water partition coefficient (Wildman–Crippen LogP) is 6.76. The molecule has 194 valence electrons. The Morgan fingerprint density at radius 1 is 1.24 bits per heavy atom. The summed E-state index contributed by atoms with van der Waals surface area (Å²) in [7, 11) is 1.67. The molecule has 1 amide bonds. The number of hydrogen-bond donors (Lipinski definition) is 0. The standard InChI is InChI=1S/C29H28BrN5O2S/c1-3-18(16-34-17-26(32-33-34)19-4-6-21(30)7-5-19)20-11-13-35-27(14-20)28(38-29(35)36)23-10-12-31-25-9-8-22(37-2)15-24(23)25/h3-10,12,15,17-18,20,27-28H,1,11,13-14,16H2,2H3. The van der Waals surface area contributed by atoms with Crippen molar-refractivity contribution in [2.75, 3.05) is 13.7 Å². The number of hydrogen-bond acceptors (Lipinski definition) is 6. The molecule has 0 N–H and O–H groups in total. The van der Waals surface area contributed by atoms with Crippen molar-refractivity contribution >= 4 is 43.8 Å². The second-order valence-corrected chi connectivity index (χ2v) is 11.9. The first-order valence-corrected chi connectivity index (χ1v) is 14.4. The fourth-order valence-corrected chi connectivity index (χ4v) is 7.34. The van der Waals surface area contributed by atoms with Gasteiger partial charge in [0.2, 0.25) is 0 Å². The van der Waals surface area contributed by atoms with Crippen LogP contribution in [0.1, 0.15) is 23.7 Å². The van der Waals surface area contributed by atoms with E-state index in [4.69, 9.17) is 4.74 Å². The normalized spacial score (nSPS) is 21.9. The molecular weight excluding hydrogens is 562 g/mol. The van der Waals surface area contributed by atoms with Crippen molar-refractivity contribution in [3.05, 3.63) is 83.6 Å². The second kappa shape index (κ2) is 10.5. The maximum Gasteiger partial charge on any atom is 0.282 e. The Morgan fingerprint density at radius 3 is 2.87 bits per heavy atom. The Labute approximate surface area is 234 Å². The fraction of sp³-hybridized carbons (Fsp3) is 0.310. The molecule has 2 aromatic carbocycles. The number of rotatable bonds is 7. The van der Waals surface area contributed by atoms with Crippen molar-refractivity contribution in [1.29, 1.82) is 0 Å². The number of fused-ring (bicyclic) bond motifs is 2. The molecule has 0 radical (unpaired) electrons. The summed E-state index contributed by atoms with van der Waals surface area (Å²) >= 11 is 4.92. The SMILES string of the molecule is C=CC(Cn1cc(-c2ccc(Br)cc2)nn1)C1CCN2C(=O)SC(c3ccnc4ccc(OC)cc34)C2C1. The average Bonchev–Trinajstić information content (AvgIpc) is 3.55. The van der Waals surface area contributed by atoms with Crippen LogP contribution in [0.5, 0.6) is 5.75 Å². The van der Waals surface area contributed by atoms with Crippen molar-refractivity contribution in [2.24, 2.45) is 11.8 Å². The van der Waals surface area contributed by atoms with Gasteiger partial charge in [0, 0.05) is 40.8 Å². The summed E-state index contributed by atoms with van der Waals surface area (Å²) in [6, 6.07) is 16.2. The summed E-state index contributed by atoms with van der Waals surface area (Å²) in [4.78, 5) is 19.7. The molecule has 0 bridgehead atoms. The van der Waals surface area contributed by atoms with Crippen molar-refractivity contribution < 1.29 is 9.53 Å². The van der Waals surface area contributed by atoms with Crippen LogP contribution in [0.3, 0.4) is 0 Å². The van der Waals surface area contributed by atoms with Gasteiger partial charge in [-0.2, -0.15) is 0 Å². The molecule has 2 aliphatic heterocycles. The van der Waals surface area contributed by atoms with E-state index in [1.54, 1.807) is 7.11 Å². The van der Waals surface area contributed by atoms with Crippen LogP contribution in [0.15, 0.2) is 78.1 Å². The highest BCUT2D eigenvalue weighted by molar-refractivity contribution is 9.10. The van der Waals surface area contributed by atoms with Gasteiger partial charge in [0.25, 0.3) is 5.24 Å². The highest BCUT2D eigenvalue weighted by Gasteiger charge is 2.46. The zero-order chi connectivity index (χ0) is 26.2. The number of pyridine rings is 1. The lowest BCUT2D eigenvalue weighted by Gasteiger charge is -2.39. The Bertz CT molecular complexity index is 1490. The molecule has 9 heteroatoms. The van der Waals surface area contributed by atoms with Gasteiger partial charge in [0.15, 0.2) is 0 Å². The zero-order valence-electron chi connectivity index (χ0n) is 21.0. The molecule has 2 aliphatic rings. The maximum atomic E-state index is 13.1. The van der Waals surface area contributed by atoms with E-state index in [1.807, 2.05) is 65.6 Å². The lowest BCUT2D eigenvalue weighted by Crippen LogP contribution is -2.43. The summed E-state index contributed by atoms with van der Waals surface area (Å²) in [5.74, 6) is 1.42. The second-order valence-electron chi connectivity index (χ2n) is 9.87. The number of benzene rings is 2. The number of methoxy groups -OCH3 is 1. The molecule has 4 aromatic rings. The number of piperidine rings is 1. The highest BCUT2D eigenvalue weighted by Crippen LogP contribution is 2.50. The van der Waals surface area contributed by atoms with Crippen molar-refractivity contribution in [3.8, 4) is 17.0 Å². The average molecular weight is 591 g/mol. The third-order valence-corrected chi connectivity index (χ3v) is 9.56. The number of nitrogens with zero attached hydrogens (tertiary/aromatic N) is 5. The van der Waals surface area contributed by atoms with Crippen LogP contribution in [-0.2, 0) is 6.54 Å². The van der Waals surface area contributed by atoms with Crippen LogP contribution in [0.4, 0.5) is 4.79 Å². The van der Waals surface area contributed by atoms with Gasteiger partial charge in [-0.1, -0.05) is 51.1 Å². The number of carbonyl (C=O) groups excluding carboxylic acids is 1. The first kappa shape index (κ1) is 25.1. The van der Waals surface area contributed by atoms with Crippen LogP contribution < -0.4 is 4.74 Å². The third kappa shape index (κ3) is 4.73. The zero-order valence-corrected chi connectivity index (χ0v) is 23.4. The molecule has 2 fully saturated rings. The van der Waals surface area contributed by atoms with Crippen LogP contribution >= 0.6 is 27.7 Å². The summed E-state index contributed by atoms with van der Waals surface area (Å²) < 4.78 is 8.44. The van der Waals surface area contributed by atoms with E-state index in [2.05, 4.69) is 48.8 Å². The first-order valence-electron chi connectivity index (χ1n) is 12.7. The summed E-state index contributed by atoms with van der Waals surface area (Å²) in [6.07, 6.45) is 7.77. The number of allylic oxidation sites excluding steroid dienone is 1. The van der Waals surface area contributed by atoms with Crippen LogP contribution in [-0.4, -0.2) is 49.8 Å². The minimum atomic E-state index is 0.0451. The quantitative estimate of drug-likeness (QED) is 0.222. The minimum absolute atomic E-state index is 0.0451. The number of aromatic nitrogens is 4. The first-order chi connectivity index (χ1) is 18.5. The molecule has 2 saturated heterocycles. The van der Waals surface area contributed by atoms with E-state index in [-0.39, 0.29) is 22.4 Å². The lowest BCUT2D eigenvalue weighted by atomic mass is 9.79. The van der Waals surface area contributed by atoms with Crippen LogP contribution in [0.25, 0.3) is 22.2 Å². The van der Waals surface area contributed by atoms with Gasteiger partial charge in [0.05, 0.1) is 24.1 Å². The predicted molar refractivity (Wildman–Crippen MR) is 154 cm³/mol. The molecule has 4 unspecified atom stereocenters. The summed E-state index contributed by atoms with van der Waals surface area (Å²) in [5, 5.41) is 10.1. The lowest BCUT2D eigenvalue weighted by molar-refractivity contribution is 0.129. The van der Waals surface area contributed by atoms with Crippen LogP contribution in [0, 0.1) is 11.8 Å². The van der Waals surface area contributed by atoms with Gasteiger partial charge < -0.3 is 9.64 Å². The Morgan fingerprint density at radius 2 is 2.08 bits per heavy atom. The van der Waals surface area contributed by atoms with E-state index in [0.29, 0.717) is 12.5 Å². The van der Waals surface area contributed by atoms with E-state index < -0.39 is 0 Å². The smallest absolute Gasteiger partial charge is 0.282 e. The van der Waals surface area contributed by atoms with Crippen molar-refractivity contribution in [3.63, 3.8) is 0 Å². The largest absolute Gasteiger partial charge is 0.497 e. The minimum Gasteiger partial charge on any atom is -0.497 e. The summed E-state index contributed by atoms with van der Waals surface area (Å²) in [6.45, 7) is 5.64. The van der Waals surface area contributed by atoms with E-state index in [1.165, 1.54) is 11.8 Å². The van der Waals surface area contributed by atoms with Gasteiger partial charge >= 0.3 is 0 Å². The molecule has 0 saturated carbocycles. The van der Waals surface area contributed by atoms with Gasteiger partial charge in [-0.05, 0) is 66.6 Å². The van der Waals surface area contributed by atoms with Gasteiger partial charge in [-0.25, -0.2) is 0 Å². The maximum absolute atomic E-state index is 13.1. The number of amides is 1. The molecular formula is C29H28BrN5O2S. The molecule has 6 rings (SSSR count). The van der Waals surface area contributed by atoms with Gasteiger partial charge in [-0.15, -0.1) is 11.7 Å². The molecule has 0 aliphatic carbocycles. The fourth-order valence-electron chi connectivity index (χ4n) is 5.75. The highest BCUT2D eigenvalue weighted by atomic mass is 79.9. The van der Waals surface area contributed by atoms with Crippen molar-refractivity contribution in [2.45, 2.75) is 30.7 Å². The van der Waals surface area contributed by atoms with E-state index in [0.717, 1.165) is 57.3 Å². The Balaban J connectivity index is 1.23. The van der Waals surface area contributed by atoms with E-state index in [9.17, 15) is 4.79 Å². The van der Waals surface area contributed by atoms with Crippen LogP contribution in [0.2, 0.25) is 0 Å². The molecule has 7 nitrogen and oxygen atoms in total. The molecule has 2 aromatic heterocycles. The third-order valence-electron chi connectivity index (χ3n) is 7.77. The molecule has 4 atom stereocenters. The topological polar surface area (TPSA) is 73.1 Å². The number of carbonyl (C=O) groups is 1. The monoisotopic (exact) mass is 589 g/mol. The molecule has 4 heterocycles. The van der Waals surface area contributed by atoms with Gasteiger partial charge in [0.1, 0.15) is 11.4 Å². The molecule has 0 spiro atoms. The summed E-state index contributed by atoms with van der Waals surface area (Å²) in [5.41, 5.74) is 3.95. The number of thioether (sulfide) groups is 1.